The van der Waals surface area contributed by atoms with E-state index in [0.29, 0.717) is 12.1 Å². The summed E-state index contributed by atoms with van der Waals surface area (Å²) in [7, 11) is -3.28. The van der Waals surface area contributed by atoms with Gasteiger partial charge < -0.3 is 10.8 Å². The van der Waals surface area contributed by atoms with Crippen LogP contribution in [0.3, 0.4) is 0 Å². The normalized spacial score (nSPS) is 11.7. The molecule has 0 saturated heterocycles. The maximum absolute atomic E-state index is 12.1. The molecule has 0 unspecified atom stereocenters. The Bertz CT molecular complexity index is 483. The number of aliphatic hydroxyl groups is 1. The number of hydrogen-bond acceptors (Lipinski definition) is 4. The van der Waals surface area contributed by atoms with Crippen LogP contribution in [0.15, 0.2) is 23.1 Å². The van der Waals surface area contributed by atoms with Crippen molar-refractivity contribution in [1.29, 1.82) is 0 Å². The highest BCUT2D eigenvalue weighted by molar-refractivity contribution is 7.91. The molecule has 4 nitrogen and oxygen atoms in total. The first kappa shape index (κ1) is 15.0. The molecule has 3 N–H and O–H groups in total. The molecule has 1 aromatic rings. The lowest BCUT2D eigenvalue weighted by atomic mass is 10.2. The highest BCUT2D eigenvalue weighted by Crippen LogP contribution is 2.21. The average Bonchev–Trinajstić information content (AvgIpc) is 2.28. The summed E-state index contributed by atoms with van der Waals surface area (Å²) in [5.74, 6) is 0.117. The third-order valence-electron chi connectivity index (χ3n) is 2.82. The fourth-order valence-electron chi connectivity index (χ4n) is 1.82. The van der Waals surface area contributed by atoms with E-state index in [1.54, 1.807) is 18.2 Å². The van der Waals surface area contributed by atoms with Crippen LogP contribution in [0.1, 0.15) is 31.2 Å². The lowest BCUT2D eigenvalue weighted by molar-refractivity contribution is 0.283. The van der Waals surface area contributed by atoms with Crippen molar-refractivity contribution in [2.75, 3.05) is 18.1 Å². The minimum atomic E-state index is -3.28. The number of nitrogens with two attached hydrogens (primary N) is 1. The van der Waals surface area contributed by atoms with E-state index < -0.39 is 9.84 Å². The molecule has 1 aromatic carbocycles. The van der Waals surface area contributed by atoms with Crippen molar-refractivity contribution in [3.05, 3.63) is 23.8 Å². The summed E-state index contributed by atoms with van der Waals surface area (Å²) in [6.45, 7) is 2.04. The van der Waals surface area contributed by atoms with Gasteiger partial charge >= 0.3 is 0 Å². The number of unbranched alkanes of at least 4 members (excludes halogenated alkanes) is 3. The van der Waals surface area contributed by atoms with E-state index in [1.807, 2.05) is 6.92 Å². The Morgan fingerprint density at radius 3 is 2.44 bits per heavy atom. The molecular formula is C13H21NO3S. The fraction of sp³-hybridized carbons (Fsp3) is 0.538. The van der Waals surface area contributed by atoms with Crippen molar-refractivity contribution in [1.82, 2.24) is 0 Å². The SMILES string of the molecule is Cc1ccc(S(=O)(=O)CCCCCCO)c(N)c1. The number of anilines is 1. The first-order chi connectivity index (χ1) is 8.47. The number of hydrogen-bond donors (Lipinski definition) is 2. The van der Waals surface area contributed by atoms with Crippen LogP contribution in [0.4, 0.5) is 5.69 Å². The van der Waals surface area contributed by atoms with Gasteiger partial charge in [0.1, 0.15) is 0 Å². The quantitative estimate of drug-likeness (QED) is 0.586. The predicted octanol–water partition coefficient (Wildman–Crippen LogP) is 1.90. The van der Waals surface area contributed by atoms with E-state index in [1.165, 1.54) is 0 Å². The molecule has 0 aliphatic heterocycles. The molecule has 18 heavy (non-hydrogen) atoms. The molecular weight excluding hydrogens is 250 g/mol. The molecule has 102 valence electrons. The summed E-state index contributed by atoms with van der Waals surface area (Å²) >= 11 is 0. The van der Waals surface area contributed by atoms with E-state index >= 15 is 0 Å². The van der Waals surface area contributed by atoms with Crippen molar-refractivity contribution < 1.29 is 13.5 Å². The van der Waals surface area contributed by atoms with E-state index in [-0.39, 0.29) is 17.3 Å². The summed E-state index contributed by atoms with van der Waals surface area (Å²) in [5, 5.41) is 8.63. The number of sulfone groups is 1. The van der Waals surface area contributed by atoms with E-state index in [0.717, 1.165) is 24.8 Å². The van der Waals surface area contributed by atoms with Gasteiger partial charge in [0, 0.05) is 6.61 Å². The van der Waals surface area contributed by atoms with Crippen LogP contribution in [0.5, 0.6) is 0 Å². The molecule has 0 radical (unpaired) electrons. The molecule has 0 spiro atoms. The summed E-state index contributed by atoms with van der Waals surface area (Å²) in [5.41, 5.74) is 7.02. The monoisotopic (exact) mass is 271 g/mol. The molecule has 1 rings (SSSR count). The zero-order chi connectivity index (χ0) is 13.6. The van der Waals surface area contributed by atoms with Crippen molar-refractivity contribution in [2.45, 2.75) is 37.5 Å². The number of nitrogen functional groups attached to an aromatic ring is 1. The number of aliphatic hydroxyl groups excluding tert-OH is 1. The third-order valence-corrected chi connectivity index (χ3v) is 4.69. The second kappa shape index (κ2) is 6.75. The van der Waals surface area contributed by atoms with Crippen LogP contribution in [0.2, 0.25) is 0 Å². The second-order valence-corrected chi connectivity index (χ2v) is 6.58. The van der Waals surface area contributed by atoms with Crippen LogP contribution in [0, 0.1) is 6.92 Å². The summed E-state index contributed by atoms with van der Waals surface area (Å²) in [4.78, 5) is 0.232. The van der Waals surface area contributed by atoms with Crippen molar-refractivity contribution in [3.8, 4) is 0 Å². The molecule has 5 heteroatoms. The summed E-state index contributed by atoms with van der Waals surface area (Å²) in [6.07, 6.45) is 3.00. The second-order valence-electron chi connectivity index (χ2n) is 4.50. The van der Waals surface area contributed by atoms with Crippen LogP contribution in [-0.2, 0) is 9.84 Å². The highest BCUT2D eigenvalue weighted by atomic mass is 32.2. The van der Waals surface area contributed by atoms with Gasteiger partial charge in [0.15, 0.2) is 9.84 Å². The van der Waals surface area contributed by atoms with Crippen LogP contribution in [-0.4, -0.2) is 25.9 Å². The third kappa shape index (κ3) is 4.31. The highest BCUT2D eigenvalue weighted by Gasteiger charge is 2.16. The maximum atomic E-state index is 12.1. The molecule has 0 aliphatic carbocycles. The summed E-state index contributed by atoms with van der Waals surface area (Å²) < 4.78 is 24.1. The first-order valence-electron chi connectivity index (χ1n) is 6.17. The Morgan fingerprint density at radius 1 is 1.17 bits per heavy atom. The van der Waals surface area contributed by atoms with Crippen molar-refractivity contribution >= 4 is 15.5 Å². The molecule has 0 aliphatic rings. The Hall–Kier alpha value is -1.07. The number of aryl methyl sites for hydroxylation is 1. The lowest BCUT2D eigenvalue weighted by Gasteiger charge is -2.08. The molecule has 0 fully saturated rings. The van der Waals surface area contributed by atoms with E-state index in [9.17, 15) is 8.42 Å². The first-order valence-corrected chi connectivity index (χ1v) is 7.82. The van der Waals surface area contributed by atoms with Gasteiger partial charge in [-0.1, -0.05) is 18.9 Å². The Kier molecular flexibility index (Phi) is 5.62. The van der Waals surface area contributed by atoms with Gasteiger partial charge in [-0.05, 0) is 37.5 Å². The van der Waals surface area contributed by atoms with Gasteiger partial charge in [-0.25, -0.2) is 8.42 Å². The zero-order valence-electron chi connectivity index (χ0n) is 10.7. The Labute approximate surface area is 109 Å². The van der Waals surface area contributed by atoms with Crippen LogP contribution >= 0.6 is 0 Å². The minimum absolute atomic E-state index is 0.117. The molecule has 0 saturated carbocycles. The van der Waals surface area contributed by atoms with E-state index in [4.69, 9.17) is 10.8 Å². The van der Waals surface area contributed by atoms with Crippen LogP contribution in [0.25, 0.3) is 0 Å². The lowest BCUT2D eigenvalue weighted by Crippen LogP contribution is -2.09. The van der Waals surface area contributed by atoms with Gasteiger partial charge in [-0.2, -0.15) is 0 Å². The smallest absolute Gasteiger partial charge is 0.180 e. The number of benzene rings is 1. The van der Waals surface area contributed by atoms with Gasteiger partial charge in [0.05, 0.1) is 16.3 Å². The van der Waals surface area contributed by atoms with Gasteiger partial charge in [0.25, 0.3) is 0 Å². The molecule has 0 amide bonds. The standard InChI is InChI=1S/C13H21NO3S/c1-11-6-7-13(12(14)10-11)18(16,17)9-5-3-2-4-8-15/h6-7,10,15H,2-5,8-9,14H2,1H3. The Morgan fingerprint density at radius 2 is 1.83 bits per heavy atom. The predicted molar refractivity (Wildman–Crippen MR) is 73.2 cm³/mol. The average molecular weight is 271 g/mol. The van der Waals surface area contributed by atoms with Crippen LogP contribution < -0.4 is 5.73 Å². The largest absolute Gasteiger partial charge is 0.398 e. The fourth-order valence-corrected chi connectivity index (χ4v) is 3.32. The van der Waals surface area contributed by atoms with Crippen molar-refractivity contribution in [3.63, 3.8) is 0 Å². The van der Waals surface area contributed by atoms with E-state index in [2.05, 4.69) is 0 Å². The Balaban J connectivity index is 2.63. The molecule has 0 aromatic heterocycles. The molecule has 0 bridgehead atoms. The zero-order valence-corrected chi connectivity index (χ0v) is 11.5. The maximum Gasteiger partial charge on any atom is 0.180 e. The van der Waals surface area contributed by atoms with Gasteiger partial charge in [0.2, 0.25) is 0 Å². The summed E-state index contributed by atoms with van der Waals surface area (Å²) in [6, 6.07) is 5.02. The topological polar surface area (TPSA) is 80.4 Å². The van der Waals surface area contributed by atoms with Gasteiger partial charge in [-0.15, -0.1) is 0 Å². The van der Waals surface area contributed by atoms with Gasteiger partial charge in [-0.3, -0.25) is 0 Å². The molecule has 0 atom stereocenters. The number of rotatable bonds is 7. The molecule has 0 heterocycles. The minimum Gasteiger partial charge on any atom is -0.398 e. The van der Waals surface area contributed by atoms with Crippen molar-refractivity contribution in [2.24, 2.45) is 0 Å².